The highest BCUT2D eigenvalue weighted by molar-refractivity contribution is 5.91. The van der Waals surface area contributed by atoms with Crippen LogP contribution in [0.3, 0.4) is 0 Å². The third-order valence-electron chi connectivity index (χ3n) is 3.96. The average Bonchev–Trinajstić information content (AvgIpc) is 3.16. The molecular formula is C17H22N4O3. The van der Waals surface area contributed by atoms with E-state index in [0.29, 0.717) is 37.2 Å². The summed E-state index contributed by atoms with van der Waals surface area (Å²) in [6.07, 6.45) is 7.40. The molecule has 0 saturated carbocycles. The number of likely N-dealkylation sites (tertiary alicyclic amines) is 1. The van der Waals surface area contributed by atoms with Gasteiger partial charge in [0.15, 0.2) is 11.6 Å². The lowest BCUT2D eigenvalue weighted by molar-refractivity contribution is 0.0686. The molecular weight excluding hydrogens is 308 g/mol. The van der Waals surface area contributed by atoms with Crippen LogP contribution in [0, 0.1) is 0 Å². The Hall–Kier alpha value is -2.57. The van der Waals surface area contributed by atoms with Crippen molar-refractivity contribution >= 4 is 11.7 Å². The number of anilines is 1. The summed E-state index contributed by atoms with van der Waals surface area (Å²) in [6.45, 7) is 4.03. The fraction of sp³-hybridized carbons (Fsp3) is 0.471. The van der Waals surface area contributed by atoms with Crippen molar-refractivity contribution in [2.45, 2.75) is 32.2 Å². The van der Waals surface area contributed by atoms with Gasteiger partial charge in [-0.1, -0.05) is 6.92 Å². The number of hydrogen-bond donors (Lipinski definition) is 1. The van der Waals surface area contributed by atoms with Gasteiger partial charge in [0.25, 0.3) is 11.8 Å². The van der Waals surface area contributed by atoms with E-state index < -0.39 is 0 Å². The highest BCUT2D eigenvalue weighted by Crippen LogP contribution is 2.22. The number of piperidine rings is 1. The van der Waals surface area contributed by atoms with Crippen LogP contribution < -0.4 is 10.1 Å². The van der Waals surface area contributed by atoms with Crippen LogP contribution in [-0.2, 0) is 0 Å². The highest BCUT2D eigenvalue weighted by Gasteiger charge is 2.25. The van der Waals surface area contributed by atoms with Crippen molar-refractivity contribution in [2.75, 3.05) is 25.0 Å². The summed E-state index contributed by atoms with van der Waals surface area (Å²) in [7, 11) is 0. The van der Waals surface area contributed by atoms with E-state index in [1.165, 1.54) is 6.26 Å². The molecule has 1 N–H and O–H groups in total. The molecule has 0 bridgehead atoms. The number of carbonyl (C=O) groups is 1. The van der Waals surface area contributed by atoms with E-state index in [1.54, 1.807) is 24.5 Å². The van der Waals surface area contributed by atoms with E-state index in [9.17, 15) is 4.79 Å². The van der Waals surface area contributed by atoms with E-state index in [-0.39, 0.29) is 11.9 Å². The van der Waals surface area contributed by atoms with Crippen LogP contribution in [0.25, 0.3) is 0 Å². The Bertz CT molecular complexity index is 652. The zero-order chi connectivity index (χ0) is 16.8. The lowest BCUT2D eigenvalue weighted by Crippen LogP contribution is -2.42. The molecule has 24 heavy (non-hydrogen) atoms. The van der Waals surface area contributed by atoms with Crippen LogP contribution in [0.2, 0.25) is 0 Å². The summed E-state index contributed by atoms with van der Waals surface area (Å²) >= 11 is 0. The van der Waals surface area contributed by atoms with Crippen molar-refractivity contribution in [3.8, 4) is 5.88 Å². The topological polar surface area (TPSA) is 80.5 Å². The van der Waals surface area contributed by atoms with Gasteiger partial charge in [0.1, 0.15) is 0 Å². The first-order chi connectivity index (χ1) is 11.8. The van der Waals surface area contributed by atoms with Crippen molar-refractivity contribution < 1.29 is 13.9 Å². The van der Waals surface area contributed by atoms with E-state index >= 15 is 0 Å². The van der Waals surface area contributed by atoms with Gasteiger partial charge in [-0.15, -0.1) is 0 Å². The molecule has 2 aromatic heterocycles. The Morgan fingerprint density at radius 2 is 2.17 bits per heavy atom. The van der Waals surface area contributed by atoms with Crippen molar-refractivity contribution in [1.82, 2.24) is 14.9 Å². The Kier molecular flexibility index (Phi) is 5.30. The minimum atomic E-state index is -0.0510. The van der Waals surface area contributed by atoms with Crippen LogP contribution in [0.1, 0.15) is 36.7 Å². The first-order valence-electron chi connectivity index (χ1n) is 8.31. The Morgan fingerprint density at radius 1 is 1.38 bits per heavy atom. The second-order valence-electron chi connectivity index (χ2n) is 5.75. The molecule has 0 radical (unpaired) electrons. The van der Waals surface area contributed by atoms with Crippen LogP contribution >= 0.6 is 0 Å². The smallest absolute Gasteiger partial charge is 0.289 e. The number of ether oxygens (including phenoxy) is 1. The van der Waals surface area contributed by atoms with Crippen LogP contribution in [-0.4, -0.2) is 46.5 Å². The van der Waals surface area contributed by atoms with Gasteiger partial charge < -0.3 is 19.4 Å². The third-order valence-corrected chi connectivity index (χ3v) is 3.96. The van der Waals surface area contributed by atoms with Crippen molar-refractivity contribution in [3.05, 3.63) is 36.5 Å². The predicted molar refractivity (Wildman–Crippen MR) is 89.1 cm³/mol. The van der Waals surface area contributed by atoms with E-state index in [0.717, 1.165) is 19.3 Å². The lowest BCUT2D eigenvalue weighted by Gasteiger charge is -2.32. The summed E-state index contributed by atoms with van der Waals surface area (Å²) in [5.41, 5.74) is 0. The molecule has 128 valence electrons. The third kappa shape index (κ3) is 3.84. The molecule has 3 rings (SSSR count). The molecule has 1 aliphatic rings. The molecule has 0 aliphatic carbocycles. The Morgan fingerprint density at radius 3 is 2.88 bits per heavy atom. The van der Waals surface area contributed by atoms with E-state index in [1.807, 2.05) is 4.90 Å². The molecule has 0 spiro atoms. The van der Waals surface area contributed by atoms with Gasteiger partial charge in [-0.3, -0.25) is 4.79 Å². The standard InChI is InChI=1S/C17H22N4O3/c1-2-11-24-16-15(18-7-8-19-16)20-13-5-9-21(10-6-13)17(22)14-4-3-12-23-14/h3-4,7-8,12-13H,2,5-6,9-11H2,1H3,(H,18,20). The summed E-state index contributed by atoms with van der Waals surface area (Å²) in [5, 5.41) is 3.39. The number of furan rings is 1. The highest BCUT2D eigenvalue weighted by atomic mass is 16.5. The summed E-state index contributed by atoms with van der Waals surface area (Å²) in [4.78, 5) is 22.7. The number of nitrogens with zero attached hydrogens (tertiary/aromatic N) is 3. The number of amides is 1. The molecule has 1 fully saturated rings. The minimum absolute atomic E-state index is 0.0510. The number of nitrogens with one attached hydrogen (secondary N) is 1. The molecule has 7 nitrogen and oxygen atoms in total. The van der Waals surface area contributed by atoms with Crippen LogP contribution in [0.15, 0.2) is 35.2 Å². The van der Waals surface area contributed by atoms with Crippen LogP contribution in [0.4, 0.5) is 5.82 Å². The summed E-state index contributed by atoms with van der Waals surface area (Å²) in [5.74, 6) is 1.55. The zero-order valence-corrected chi connectivity index (χ0v) is 13.8. The number of rotatable bonds is 6. The largest absolute Gasteiger partial charge is 0.475 e. The molecule has 0 aromatic carbocycles. The van der Waals surface area contributed by atoms with Gasteiger partial charge in [-0.25, -0.2) is 9.97 Å². The second kappa shape index (κ2) is 7.81. The van der Waals surface area contributed by atoms with Crippen molar-refractivity contribution in [2.24, 2.45) is 0 Å². The number of carbonyl (C=O) groups excluding carboxylic acids is 1. The normalized spacial score (nSPS) is 15.3. The molecule has 1 aliphatic heterocycles. The molecule has 1 saturated heterocycles. The first-order valence-corrected chi connectivity index (χ1v) is 8.31. The fourth-order valence-corrected chi connectivity index (χ4v) is 2.70. The lowest BCUT2D eigenvalue weighted by atomic mass is 10.0. The predicted octanol–water partition coefficient (Wildman–Crippen LogP) is 2.58. The second-order valence-corrected chi connectivity index (χ2v) is 5.75. The number of aromatic nitrogens is 2. The van der Waals surface area contributed by atoms with Gasteiger partial charge >= 0.3 is 0 Å². The van der Waals surface area contributed by atoms with Gasteiger partial charge in [0, 0.05) is 31.5 Å². The van der Waals surface area contributed by atoms with Crippen molar-refractivity contribution in [1.29, 1.82) is 0 Å². The van der Waals surface area contributed by atoms with Gasteiger partial charge in [0.05, 0.1) is 12.9 Å². The Labute approximate surface area is 141 Å². The van der Waals surface area contributed by atoms with Gasteiger partial charge in [-0.2, -0.15) is 0 Å². The Balaban J connectivity index is 1.55. The first kappa shape index (κ1) is 16.3. The maximum atomic E-state index is 12.3. The molecule has 0 atom stereocenters. The molecule has 3 heterocycles. The maximum Gasteiger partial charge on any atom is 0.289 e. The van der Waals surface area contributed by atoms with Gasteiger partial charge in [0.2, 0.25) is 0 Å². The quantitative estimate of drug-likeness (QED) is 0.877. The monoisotopic (exact) mass is 330 g/mol. The van der Waals surface area contributed by atoms with Crippen molar-refractivity contribution in [3.63, 3.8) is 0 Å². The average molecular weight is 330 g/mol. The minimum Gasteiger partial charge on any atom is -0.475 e. The fourth-order valence-electron chi connectivity index (χ4n) is 2.70. The molecule has 1 amide bonds. The maximum absolute atomic E-state index is 12.3. The van der Waals surface area contributed by atoms with Crippen LogP contribution in [0.5, 0.6) is 5.88 Å². The molecule has 7 heteroatoms. The molecule has 2 aromatic rings. The number of hydrogen-bond acceptors (Lipinski definition) is 6. The van der Waals surface area contributed by atoms with E-state index in [2.05, 4.69) is 22.2 Å². The summed E-state index contributed by atoms with van der Waals surface area (Å²) in [6, 6.07) is 3.67. The SMILES string of the molecule is CCCOc1nccnc1NC1CCN(C(=O)c2ccco2)CC1. The van der Waals surface area contributed by atoms with E-state index in [4.69, 9.17) is 9.15 Å². The zero-order valence-electron chi connectivity index (χ0n) is 13.8. The van der Waals surface area contributed by atoms with Gasteiger partial charge in [-0.05, 0) is 31.4 Å². The molecule has 0 unspecified atom stereocenters. The summed E-state index contributed by atoms with van der Waals surface area (Å²) < 4.78 is 10.8.